The molecule has 0 fully saturated rings. The number of sulfonamides is 1. The lowest BCUT2D eigenvalue weighted by Crippen LogP contribution is -2.40. The summed E-state index contributed by atoms with van der Waals surface area (Å²) in [5.41, 5.74) is 3.72. The van der Waals surface area contributed by atoms with E-state index in [0.717, 1.165) is 16.1 Å². The molecule has 1 N–H and O–H groups in total. The first-order valence-electron chi connectivity index (χ1n) is 8.31. The fourth-order valence-electron chi connectivity index (χ4n) is 2.32. The topological polar surface area (TPSA) is 122 Å². The van der Waals surface area contributed by atoms with Crippen LogP contribution >= 0.6 is 0 Å². The first-order chi connectivity index (χ1) is 13.3. The Kier molecular flexibility index (Phi) is 7.36. The first kappa shape index (κ1) is 21.2. The molecule has 0 aliphatic heterocycles. The summed E-state index contributed by atoms with van der Waals surface area (Å²) >= 11 is 0. The standard InChI is InChI=1S/C18H20N4O5S/c1-28(26,27)21(12-11-15-5-3-2-4-6-15)14-18(23)20-19-13-16-7-9-17(10-8-16)22(24)25/h2-10,13H,11-12,14H2,1H3,(H,20,23). The predicted octanol–water partition coefficient (Wildman–Crippen LogP) is 1.55. The first-order valence-corrected chi connectivity index (χ1v) is 10.2. The number of carbonyl (C=O) groups is 1. The third-order valence-corrected chi connectivity index (χ3v) is 5.04. The molecule has 0 heterocycles. The number of rotatable bonds is 9. The van der Waals surface area contributed by atoms with Crippen LogP contribution in [0, 0.1) is 10.1 Å². The van der Waals surface area contributed by atoms with Crippen LogP contribution in [0.3, 0.4) is 0 Å². The molecule has 0 aromatic heterocycles. The lowest BCUT2D eigenvalue weighted by molar-refractivity contribution is -0.384. The number of amides is 1. The molecule has 0 radical (unpaired) electrons. The van der Waals surface area contributed by atoms with Crippen LogP contribution < -0.4 is 5.43 Å². The molecule has 0 unspecified atom stereocenters. The number of non-ortho nitro benzene ring substituents is 1. The van der Waals surface area contributed by atoms with Gasteiger partial charge in [0.25, 0.3) is 11.6 Å². The highest BCUT2D eigenvalue weighted by Crippen LogP contribution is 2.10. The zero-order chi connectivity index (χ0) is 20.6. The van der Waals surface area contributed by atoms with Crippen molar-refractivity contribution in [1.82, 2.24) is 9.73 Å². The van der Waals surface area contributed by atoms with Gasteiger partial charge in [0, 0.05) is 18.7 Å². The van der Waals surface area contributed by atoms with Crippen LogP contribution in [0.4, 0.5) is 5.69 Å². The summed E-state index contributed by atoms with van der Waals surface area (Å²) in [6.45, 7) is -0.189. The van der Waals surface area contributed by atoms with Crippen LogP contribution in [-0.4, -0.2) is 49.1 Å². The van der Waals surface area contributed by atoms with Gasteiger partial charge in [-0.3, -0.25) is 14.9 Å². The van der Waals surface area contributed by atoms with Crippen molar-refractivity contribution in [2.45, 2.75) is 6.42 Å². The van der Waals surface area contributed by atoms with Crippen molar-refractivity contribution in [2.24, 2.45) is 5.10 Å². The molecule has 2 aromatic rings. The van der Waals surface area contributed by atoms with Gasteiger partial charge >= 0.3 is 0 Å². The summed E-state index contributed by atoms with van der Waals surface area (Å²) in [4.78, 5) is 22.1. The highest BCUT2D eigenvalue weighted by Gasteiger charge is 2.19. The molecule has 1 amide bonds. The van der Waals surface area contributed by atoms with Crippen molar-refractivity contribution in [1.29, 1.82) is 0 Å². The Morgan fingerprint density at radius 3 is 2.39 bits per heavy atom. The van der Waals surface area contributed by atoms with Gasteiger partial charge in [-0.05, 0) is 29.7 Å². The van der Waals surface area contributed by atoms with Crippen molar-refractivity contribution < 1.29 is 18.1 Å². The van der Waals surface area contributed by atoms with Crippen LogP contribution in [0.1, 0.15) is 11.1 Å². The van der Waals surface area contributed by atoms with Gasteiger partial charge in [0.15, 0.2) is 0 Å². The normalized spacial score (nSPS) is 11.6. The minimum absolute atomic E-state index is 0.0524. The predicted molar refractivity (Wildman–Crippen MR) is 105 cm³/mol. The summed E-state index contributed by atoms with van der Waals surface area (Å²) in [6, 6.07) is 15.0. The third kappa shape index (κ3) is 6.89. The van der Waals surface area contributed by atoms with Gasteiger partial charge in [-0.15, -0.1) is 0 Å². The maximum Gasteiger partial charge on any atom is 0.269 e. The molecule has 2 aromatic carbocycles. The van der Waals surface area contributed by atoms with E-state index in [2.05, 4.69) is 10.5 Å². The van der Waals surface area contributed by atoms with Gasteiger partial charge in [-0.2, -0.15) is 9.41 Å². The van der Waals surface area contributed by atoms with Gasteiger partial charge < -0.3 is 0 Å². The van der Waals surface area contributed by atoms with Gasteiger partial charge in [-0.1, -0.05) is 30.3 Å². The molecule has 0 spiro atoms. The molecule has 10 heteroatoms. The maximum absolute atomic E-state index is 12.0. The van der Waals surface area contributed by atoms with E-state index in [9.17, 15) is 23.3 Å². The van der Waals surface area contributed by atoms with E-state index in [1.54, 1.807) is 0 Å². The number of nitrogens with one attached hydrogen (secondary N) is 1. The summed E-state index contributed by atoms with van der Waals surface area (Å²) in [5, 5.41) is 14.4. The lowest BCUT2D eigenvalue weighted by atomic mass is 10.1. The number of hydrogen-bond donors (Lipinski definition) is 1. The van der Waals surface area contributed by atoms with Crippen LogP contribution in [-0.2, 0) is 21.2 Å². The number of benzene rings is 2. The average molecular weight is 404 g/mol. The minimum Gasteiger partial charge on any atom is -0.272 e. The summed E-state index contributed by atoms with van der Waals surface area (Å²) in [5.74, 6) is -0.586. The monoisotopic (exact) mass is 404 g/mol. The lowest BCUT2D eigenvalue weighted by Gasteiger charge is -2.18. The molecule has 0 saturated heterocycles. The van der Waals surface area contributed by atoms with Crippen LogP contribution in [0.15, 0.2) is 59.7 Å². The largest absolute Gasteiger partial charge is 0.272 e. The Labute approximate surface area is 162 Å². The Hall–Kier alpha value is -3.11. The second kappa shape index (κ2) is 9.72. The number of nitro benzene ring substituents is 1. The van der Waals surface area contributed by atoms with Gasteiger partial charge in [0.1, 0.15) is 0 Å². The highest BCUT2D eigenvalue weighted by atomic mass is 32.2. The third-order valence-electron chi connectivity index (χ3n) is 3.79. The average Bonchev–Trinajstić information content (AvgIpc) is 2.65. The molecule has 28 heavy (non-hydrogen) atoms. The molecule has 148 valence electrons. The van der Waals surface area contributed by atoms with Crippen molar-refractivity contribution in [2.75, 3.05) is 19.3 Å². The van der Waals surface area contributed by atoms with Crippen molar-refractivity contribution in [3.8, 4) is 0 Å². The number of carbonyl (C=O) groups excluding carboxylic acids is 1. The van der Waals surface area contributed by atoms with Gasteiger partial charge in [0.2, 0.25) is 10.0 Å². The second-order valence-electron chi connectivity index (χ2n) is 5.97. The number of hydrazone groups is 1. The second-order valence-corrected chi connectivity index (χ2v) is 7.96. The number of nitrogens with zero attached hydrogens (tertiary/aromatic N) is 3. The van der Waals surface area contributed by atoms with E-state index in [0.29, 0.717) is 12.0 Å². The van der Waals surface area contributed by atoms with E-state index < -0.39 is 20.9 Å². The Morgan fingerprint density at radius 1 is 1.18 bits per heavy atom. The zero-order valence-corrected chi connectivity index (χ0v) is 16.0. The summed E-state index contributed by atoms with van der Waals surface area (Å²) in [7, 11) is -3.56. The molecular formula is C18H20N4O5S. The maximum atomic E-state index is 12.0. The molecular weight excluding hydrogens is 384 g/mol. The molecule has 0 atom stereocenters. The fraction of sp³-hybridized carbons (Fsp3) is 0.222. The van der Waals surface area contributed by atoms with Gasteiger partial charge in [-0.25, -0.2) is 13.8 Å². The minimum atomic E-state index is -3.56. The number of nitro groups is 1. The van der Waals surface area contributed by atoms with Crippen LogP contribution in [0.5, 0.6) is 0 Å². The smallest absolute Gasteiger partial charge is 0.269 e. The molecule has 0 bridgehead atoms. The molecule has 9 nitrogen and oxygen atoms in total. The Bertz CT molecular complexity index is 944. The SMILES string of the molecule is CS(=O)(=O)N(CCc1ccccc1)CC(=O)NN=Cc1ccc([N+](=O)[O-])cc1. The highest BCUT2D eigenvalue weighted by molar-refractivity contribution is 7.88. The summed E-state index contributed by atoms with van der Waals surface area (Å²) < 4.78 is 24.9. The van der Waals surface area contributed by atoms with Crippen molar-refractivity contribution in [3.63, 3.8) is 0 Å². The molecule has 0 aliphatic rings. The quantitative estimate of drug-likeness (QED) is 0.386. The van der Waals surface area contributed by atoms with Crippen molar-refractivity contribution in [3.05, 3.63) is 75.8 Å². The van der Waals surface area contributed by atoms with Crippen LogP contribution in [0.25, 0.3) is 0 Å². The van der Waals surface area contributed by atoms with Crippen LogP contribution in [0.2, 0.25) is 0 Å². The Morgan fingerprint density at radius 2 is 1.82 bits per heavy atom. The number of hydrogen-bond acceptors (Lipinski definition) is 6. The Balaban J connectivity index is 1.91. The van der Waals surface area contributed by atoms with E-state index in [1.807, 2.05) is 30.3 Å². The molecule has 0 saturated carbocycles. The fourth-order valence-corrected chi connectivity index (χ4v) is 3.09. The molecule has 0 aliphatic carbocycles. The van der Waals surface area contributed by atoms with Crippen molar-refractivity contribution >= 4 is 27.8 Å². The van der Waals surface area contributed by atoms with Gasteiger partial charge in [0.05, 0.1) is 23.9 Å². The summed E-state index contributed by atoms with van der Waals surface area (Å²) in [6.07, 6.45) is 2.84. The van der Waals surface area contributed by atoms with E-state index in [-0.39, 0.29) is 18.8 Å². The zero-order valence-electron chi connectivity index (χ0n) is 15.2. The molecule has 2 rings (SSSR count). The van der Waals surface area contributed by atoms with E-state index in [4.69, 9.17) is 0 Å². The van der Waals surface area contributed by atoms with E-state index in [1.165, 1.54) is 30.5 Å². The van der Waals surface area contributed by atoms with E-state index >= 15 is 0 Å².